The molecule has 1 fully saturated rings. The number of rotatable bonds is 9. The van der Waals surface area contributed by atoms with Crippen molar-refractivity contribution in [3.8, 4) is 5.75 Å². The maximum absolute atomic E-state index is 5.79. The third-order valence-corrected chi connectivity index (χ3v) is 4.16. The van der Waals surface area contributed by atoms with E-state index in [1.165, 1.54) is 31.5 Å². The zero-order chi connectivity index (χ0) is 15.6. The SMILES string of the molecule is CNC[C@@H]1CCCN(Cc2cccc(OCCCOC)c2)C1. The van der Waals surface area contributed by atoms with E-state index in [1.807, 2.05) is 13.1 Å². The first-order valence-corrected chi connectivity index (χ1v) is 8.39. The summed E-state index contributed by atoms with van der Waals surface area (Å²) in [4.78, 5) is 2.57. The molecule has 0 unspecified atom stereocenters. The van der Waals surface area contributed by atoms with Crippen molar-refractivity contribution in [2.24, 2.45) is 5.92 Å². The number of hydrogen-bond donors (Lipinski definition) is 1. The number of benzene rings is 1. The van der Waals surface area contributed by atoms with Crippen LogP contribution in [0.5, 0.6) is 5.75 Å². The lowest BCUT2D eigenvalue weighted by Gasteiger charge is -2.32. The van der Waals surface area contributed by atoms with E-state index in [-0.39, 0.29) is 0 Å². The van der Waals surface area contributed by atoms with Crippen LogP contribution in [0.1, 0.15) is 24.8 Å². The van der Waals surface area contributed by atoms with Gasteiger partial charge >= 0.3 is 0 Å². The van der Waals surface area contributed by atoms with Gasteiger partial charge in [-0.2, -0.15) is 0 Å². The van der Waals surface area contributed by atoms with Crippen molar-refractivity contribution in [2.75, 3.05) is 47.0 Å². The molecule has 0 bridgehead atoms. The van der Waals surface area contributed by atoms with E-state index in [0.29, 0.717) is 6.61 Å². The van der Waals surface area contributed by atoms with E-state index in [0.717, 1.165) is 37.8 Å². The summed E-state index contributed by atoms with van der Waals surface area (Å²) in [6.45, 7) is 6.01. The minimum atomic E-state index is 0.714. The second kappa shape index (κ2) is 9.82. The molecule has 4 heteroatoms. The van der Waals surface area contributed by atoms with Crippen molar-refractivity contribution in [3.05, 3.63) is 29.8 Å². The predicted octanol–water partition coefficient (Wildman–Crippen LogP) is 2.53. The second-order valence-corrected chi connectivity index (χ2v) is 6.14. The molecular formula is C18H30N2O2. The first-order chi connectivity index (χ1) is 10.8. The van der Waals surface area contributed by atoms with Crippen LogP contribution in [0.2, 0.25) is 0 Å². The molecule has 1 aromatic rings. The van der Waals surface area contributed by atoms with Crippen LogP contribution in [0.4, 0.5) is 0 Å². The molecule has 1 aliphatic heterocycles. The van der Waals surface area contributed by atoms with E-state index in [1.54, 1.807) is 7.11 Å². The molecule has 0 amide bonds. The quantitative estimate of drug-likeness (QED) is 0.711. The molecule has 0 saturated carbocycles. The van der Waals surface area contributed by atoms with Crippen LogP contribution < -0.4 is 10.1 Å². The summed E-state index contributed by atoms with van der Waals surface area (Å²) in [6, 6.07) is 8.50. The Bertz CT molecular complexity index is 423. The number of likely N-dealkylation sites (tertiary alicyclic amines) is 1. The zero-order valence-corrected chi connectivity index (χ0v) is 14.0. The van der Waals surface area contributed by atoms with Crippen molar-refractivity contribution < 1.29 is 9.47 Å². The van der Waals surface area contributed by atoms with Gasteiger partial charge in [0.25, 0.3) is 0 Å². The average molecular weight is 306 g/mol. The molecule has 1 atom stereocenters. The van der Waals surface area contributed by atoms with E-state index in [2.05, 4.69) is 28.4 Å². The first kappa shape index (κ1) is 17.3. The minimum Gasteiger partial charge on any atom is -0.493 e. The zero-order valence-electron chi connectivity index (χ0n) is 14.0. The Kier molecular flexibility index (Phi) is 7.71. The summed E-state index contributed by atoms with van der Waals surface area (Å²) in [7, 11) is 3.77. The molecule has 2 rings (SSSR count). The van der Waals surface area contributed by atoms with E-state index < -0.39 is 0 Å². The smallest absolute Gasteiger partial charge is 0.119 e. The fraction of sp³-hybridized carbons (Fsp3) is 0.667. The van der Waals surface area contributed by atoms with E-state index in [9.17, 15) is 0 Å². The molecule has 1 heterocycles. The summed E-state index contributed by atoms with van der Waals surface area (Å²) >= 11 is 0. The lowest BCUT2D eigenvalue weighted by atomic mass is 9.97. The van der Waals surface area contributed by atoms with E-state index in [4.69, 9.17) is 9.47 Å². The third kappa shape index (κ3) is 5.95. The molecular weight excluding hydrogens is 276 g/mol. The first-order valence-electron chi connectivity index (χ1n) is 8.39. The number of nitrogens with one attached hydrogen (secondary N) is 1. The van der Waals surface area contributed by atoms with Gasteiger partial charge in [0.15, 0.2) is 0 Å². The van der Waals surface area contributed by atoms with E-state index >= 15 is 0 Å². The molecule has 0 aliphatic carbocycles. The van der Waals surface area contributed by atoms with Gasteiger partial charge in [0.1, 0.15) is 5.75 Å². The maximum Gasteiger partial charge on any atom is 0.119 e. The molecule has 1 saturated heterocycles. The van der Waals surface area contributed by atoms with Crippen LogP contribution in [-0.4, -0.2) is 51.9 Å². The molecule has 22 heavy (non-hydrogen) atoms. The normalized spacial score (nSPS) is 19.3. The van der Waals surface area contributed by atoms with Crippen LogP contribution in [0.25, 0.3) is 0 Å². The highest BCUT2D eigenvalue weighted by Crippen LogP contribution is 2.20. The van der Waals surface area contributed by atoms with Gasteiger partial charge in [0, 0.05) is 33.2 Å². The molecule has 1 N–H and O–H groups in total. The summed E-state index contributed by atoms with van der Waals surface area (Å²) in [5.74, 6) is 1.75. The molecule has 0 spiro atoms. The standard InChI is InChI=1S/C18H30N2O2/c1-19-13-17-7-4-9-20(15-17)14-16-6-3-8-18(12-16)22-11-5-10-21-2/h3,6,8,12,17,19H,4-5,7,9-11,13-15H2,1-2H3/t17-/m0/s1. The van der Waals surface area contributed by atoms with Gasteiger partial charge in [-0.3, -0.25) is 4.90 Å². The van der Waals surface area contributed by atoms with Gasteiger partial charge in [-0.25, -0.2) is 0 Å². The monoisotopic (exact) mass is 306 g/mol. The summed E-state index contributed by atoms with van der Waals surface area (Å²) < 4.78 is 10.8. The summed E-state index contributed by atoms with van der Waals surface area (Å²) in [6.07, 6.45) is 3.58. The molecule has 0 radical (unpaired) electrons. The summed E-state index contributed by atoms with van der Waals surface area (Å²) in [5.41, 5.74) is 1.34. The maximum atomic E-state index is 5.79. The van der Waals surface area contributed by atoms with Crippen LogP contribution in [0.15, 0.2) is 24.3 Å². The second-order valence-electron chi connectivity index (χ2n) is 6.14. The Hall–Kier alpha value is -1.10. The Morgan fingerprint density at radius 3 is 3.05 bits per heavy atom. The molecule has 124 valence electrons. The van der Waals surface area contributed by atoms with Gasteiger partial charge in [0.2, 0.25) is 0 Å². The number of ether oxygens (including phenoxy) is 2. The molecule has 1 aliphatic rings. The van der Waals surface area contributed by atoms with Crippen molar-refractivity contribution in [2.45, 2.75) is 25.8 Å². The highest BCUT2D eigenvalue weighted by Gasteiger charge is 2.19. The predicted molar refractivity (Wildman–Crippen MR) is 90.4 cm³/mol. The highest BCUT2D eigenvalue weighted by molar-refractivity contribution is 5.28. The topological polar surface area (TPSA) is 33.7 Å². The van der Waals surface area contributed by atoms with Gasteiger partial charge in [-0.15, -0.1) is 0 Å². The van der Waals surface area contributed by atoms with Gasteiger partial charge in [-0.05, 0) is 56.6 Å². The number of hydrogen-bond acceptors (Lipinski definition) is 4. The van der Waals surface area contributed by atoms with Crippen LogP contribution in [0.3, 0.4) is 0 Å². The number of nitrogens with zero attached hydrogens (tertiary/aromatic N) is 1. The van der Waals surface area contributed by atoms with Crippen molar-refractivity contribution >= 4 is 0 Å². The largest absolute Gasteiger partial charge is 0.493 e. The van der Waals surface area contributed by atoms with Crippen molar-refractivity contribution in [1.29, 1.82) is 0 Å². The number of piperidine rings is 1. The Morgan fingerprint density at radius 1 is 1.32 bits per heavy atom. The Labute approximate surface area is 134 Å². The number of methoxy groups -OCH3 is 1. The van der Waals surface area contributed by atoms with Gasteiger partial charge in [0.05, 0.1) is 6.61 Å². The fourth-order valence-corrected chi connectivity index (χ4v) is 3.14. The van der Waals surface area contributed by atoms with Gasteiger partial charge in [-0.1, -0.05) is 12.1 Å². The minimum absolute atomic E-state index is 0.714. The Balaban J connectivity index is 1.81. The highest BCUT2D eigenvalue weighted by atomic mass is 16.5. The van der Waals surface area contributed by atoms with Crippen molar-refractivity contribution in [1.82, 2.24) is 10.2 Å². The van der Waals surface area contributed by atoms with Gasteiger partial charge < -0.3 is 14.8 Å². The van der Waals surface area contributed by atoms with Crippen molar-refractivity contribution in [3.63, 3.8) is 0 Å². The Morgan fingerprint density at radius 2 is 2.23 bits per heavy atom. The van der Waals surface area contributed by atoms with Crippen LogP contribution >= 0.6 is 0 Å². The molecule has 4 nitrogen and oxygen atoms in total. The van der Waals surface area contributed by atoms with Crippen LogP contribution in [-0.2, 0) is 11.3 Å². The fourth-order valence-electron chi connectivity index (χ4n) is 3.14. The molecule has 0 aromatic heterocycles. The lowest BCUT2D eigenvalue weighted by molar-refractivity contribution is 0.166. The average Bonchev–Trinajstić information content (AvgIpc) is 2.53. The third-order valence-electron chi connectivity index (χ3n) is 4.16. The van der Waals surface area contributed by atoms with Crippen LogP contribution in [0, 0.1) is 5.92 Å². The molecule has 1 aromatic carbocycles. The lowest BCUT2D eigenvalue weighted by Crippen LogP contribution is -2.38. The summed E-state index contributed by atoms with van der Waals surface area (Å²) in [5, 5.41) is 3.31.